The van der Waals surface area contributed by atoms with Gasteiger partial charge < -0.3 is 4.74 Å². The molecule has 1 fully saturated rings. The van der Waals surface area contributed by atoms with Crippen LogP contribution in [-0.4, -0.2) is 50.8 Å². The molecule has 1 rings (SSSR count). The first kappa shape index (κ1) is 12.4. The Morgan fingerprint density at radius 1 is 1.60 bits per heavy atom. The zero-order chi connectivity index (χ0) is 11.6. The van der Waals surface area contributed by atoms with Crippen molar-refractivity contribution < 1.29 is 17.9 Å². The number of hydrogen-bond donors (Lipinski definition) is 1. The summed E-state index contributed by atoms with van der Waals surface area (Å²) in [4.78, 5) is 13.0. The summed E-state index contributed by atoms with van der Waals surface area (Å²) >= 11 is 0. The zero-order valence-corrected chi connectivity index (χ0v) is 9.66. The topological polar surface area (TPSA) is 89.7 Å². The number of hydrogen-bond acceptors (Lipinski definition) is 5. The molecule has 0 bridgehead atoms. The van der Waals surface area contributed by atoms with Crippen LogP contribution in [0.25, 0.3) is 0 Å². The minimum Gasteiger partial charge on any atom is -0.468 e. The lowest BCUT2D eigenvalue weighted by Crippen LogP contribution is -2.40. The highest BCUT2D eigenvalue weighted by Gasteiger charge is 2.35. The number of methoxy groups -OCH3 is 1. The van der Waals surface area contributed by atoms with Crippen LogP contribution < -0.4 is 5.14 Å². The van der Waals surface area contributed by atoms with Gasteiger partial charge in [0.25, 0.3) is 0 Å². The molecule has 0 aromatic rings. The van der Waals surface area contributed by atoms with Gasteiger partial charge in [-0.15, -0.1) is 0 Å². The maximum Gasteiger partial charge on any atom is 0.322 e. The molecule has 1 aliphatic rings. The minimum atomic E-state index is -3.50. The Bertz CT molecular complexity index is 341. The van der Waals surface area contributed by atoms with E-state index < -0.39 is 21.3 Å². The number of rotatable bonds is 3. The third kappa shape index (κ3) is 2.90. The summed E-state index contributed by atoms with van der Waals surface area (Å²) in [5, 5.41) is 4.48. The molecule has 2 atom stereocenters. The lowest BCUT2D eigenvalue weighted by molar-refractivity contribution is -0.145. The van der Waals surface area contributed by atoms with Gasteiger partial charge >= 0.3 is 5.97 Å². The van der Waals surface area contributed by atoms with Gasteiger partial charge in [0, 0.05) is 13.1 Å². The zero-order valence-electron chi connectivity index (χ0n) is 8.84. The standard InChI is InChI=1S/C8H16N2O4S/c1-6(8(11)14-2)10-4-3-7(5-10)15(9,12)13/h6-7H,3-5H2,1-2H3,(H2,9,12,13). The fourth-order valence-corrected chi connectivity index (χ4v) is 2.53. The summed E-state index contributed by atoms with van der Waals surface area (Å²) in [5.41, 5.74) is 0. The summed E-state index contributed by atoms with van der Waals surface area (Å²) < 4.78 is 26.7. The van der Waals surface area contributed by atoms with Crippen LogP contribution in [0.1, 0.15) is 13.3 Å². The van der Waals surface area contributed by atoms with E-state index in [2.05, 4.69) is 4.74 Å². The number of carbonyl (C=O) groups excluding carboxylic acids is 1. The Balaban J connectivity index is 2.61. The maximum absolute atomic E-state index is 11.2. The van der Waals surface area contributed by atoms with Crippen LogP contribution in [-0.2, 0) is 19.6 Å². The largest absolute Gasteiger partial charge is 0.468 e. The molecular formula is C8H16N2O4S. The number of nitrogens with zero attached hydrogens (tertiary/aromatic N) is 1. The molecule has 1 saturated heterocycles. The molecule has 15 heavy (non-hydrogen) atoms. The van der Waals surface area contributed by atoms with E-state index in [9.17, 15) is 13.2 Å². The number of primary sulfonamides is 1. The molecule has 88 valence electrons. The molecule has 0 amide bonds. The SMILES string of the molecule is COC(=O)C(C)N1CCC(S(N)(=O)=O)C1. The number of ether oxygens (including phenoxy) is 1. The van der Waals surface area contributed by atoms with Crippen LogP contribution in [0, 0.1) is 0 Å². The quantitative estimate of drug-likeness (QED) is 0.629. The summed E-state index contributed by atoms with van der Waals surface area (Å²) in [5.74, 6) is -0.356. The first-order chi connectivity index (χ1) is 6.86. The first-order valence-electron chi connectivity index (χ1n) is 4.69. The van der Waals surface area contributed by atoms with Crippen molar-refractivity contribution in [2.24, 2.45) is 5.14 Å². The Labute approximate surface area is 89.4 Å². The first-order valence-corrected chi connectivity index (χ1v) is 6.30. The Hall–Kier alpha value is -0.660. The van der Waals surface area contributed by atoms with Crippen molar-refractivity contribution in [2.75, 3.05) is 20.2 Å². The van der Waals surface area contributed by atoms with Crippen molar-refractivity contribution >= 4 is 16.0 Å². The van der Waals surface area contributed by atoms with E-state index in [4.69, 9.17) is 5.14 Å². The lowest BCUT2D eigenvalue weighted by Gasteiger charge is -2.21. The second kappa shape index (κ2) is 4.46. The molecule has 2 N–H and O–H groups in total. The van der Waals surface area contributed by atoms with Crippen molar-refractivity contribution in [1.82, 2.24) is 4.90 Å². The van der Waals surface area contributed by atoms with E-state index in [-0.39, 0.29) is 5.97 Å². The molecule has 0 radical (unpaired) electrons. The van der Waals surface area contributed by atoms with E-state index in [0.717, 1.165) is 0 Å². The molecule has 1 aliphatic heterocycles. The van der Waals surface area contributed by atoms with Crippen molar-refractivity contribution in [3.05, 3.63) is 0 Å². The highest BCUT2D eigenvalue weighted by molar-refractivity contribution is 7.89. The number of nitrogens with two attached hydrogens (primary N) is 1. The van der Waals surface area contributed by atoms with Crippen molar-refractivity contribution in [3.63, 3.8) is 0 Å². The predicted octanol–water partition coefficient (Wildman–Crippen LogP) is -1.09. The fourth-order valence-electron chi connectivity index (χ4n) is 1.69. The van der Waals surface area contributed by atoms with Crippen molar-refractivity contribution in [1.29, 1.82) is 0 Å². The molecule has 0 aromatic heterocycles. The van der Waals surface area contributed by atoms with Gasteiger partial charge in [0.05, 0.1) is 12.4 Å². The van der Waals surface area contributed by atoms with Crippen molar-refractivity contribution in [2.45, 2.75) is 24.6 Å². The minimum absolute atomic E-state index is 0.301. The van der Waals surface area contributed by atoms with E-state index in [0.29, 0.717) is 19.5 Å². The average molecular weight is 236 g/mol. The second-order valence-corrected chi connectivity index (χ2v) is 5.54. The van der Waals surface area contributed by atoms with Crippen LogP contribution >= 0.6 is 0 Å². The Kier molecular flexibility index (Phi) is 3.69. The summed E-state index contributed by atoms with van der Waals surface area (Å²) in [6.07, 6.45) is 0.472. The second-order valence-electron chi connectivity index (χ2n) is 3.69. The summed E-state index contributed by atoms with van der Waals surface area (Å²) in [7, 11) is -2.18. The van der Waals surface area contributed by atoms with Gasteiger partial charge in [0.15, 0.2) is 0 Å². The highest BCUT2D eigenvalue weighted by atomic mass is 32.2. The number of esters is 1. The number of carbonyl (C=O) groups is 1. The van der Waals surface area contributed by atoms with Crippen molar-refractivity contribution in [3.8, 4) is 0 Å². The predicted molar refractivity (Wildman–Crippen MR) is 54.6 cm³/mol. The summed E-state index contributed by atoms with van der Waals surface area (Å²) in [6.45, 7) is 2.55. The summed E-state index contributed by atoms with van der Waals surface area (Å²) in [6, 6.07) is -0.415. The number of likely N-dealkylation sites (tertiary alicyclic amines) is 1. The smallest absolute Gasteiger partial charge is 0.322 e. The van der Waals surface area contributed by atoms with Crippen LogP contribution in [0.2, 0.25) is 0 Å². The van der Waals surface area contributed by atoms with Gasteiger partial charge in [-0.1, -0.05) is 0 Å². The third-order valence-electron chi connectivity index (χ3n) is 2.73. The van der Waals surface area contributed by atoms with Crippen LogP contribution in [0.4, 0.5) is 0 Å². The molecule has 2 unspecified atom stereocenters. The monoisotopic (exact) mass is 236 g/mol. The molecule has 0 aromatic carbocycles. The normalized spacial score (nSPS) is 25.1. The van der Waals surface area contributed by atoms with Gasteiger partial charge in [-0.05, 0) is 13.3 Å². The van der Waals surface area contributed by atoms with Gasteiger partial charge in [-0.3, -0.25) is 9.69 Å². The average Bonchev–Trinajstić information content (AvgIpc) is 2.63. The van der Waals surface area contributed by atoms with Gasteiger partial charge in [0.1, 0.15) is 6.04 Å². The fraction of sp³-hybridized carbons (Fsp3) is 0.875. The molecule has 0 aliphatic carbocycles. The van der Waals surface area contributed by atoms with E-state index in [1.165, 1.54) is 7.11 Å². The molecular weight excluding hydrogens is 220 g/mol. The van der Waals surface area contributed by atoms with E-state index in [1.807, 2.05) is 0 Å². The molecule has 0 saturated carbocycles. The highest BCUT2D eigenvalue weighted by Crippen LogP contribution is 2.17. The number of sulfonamides is 1. The third-order valence-corrected chi connectivity index (χ3v) is 4.05. The van der Waals surface area contributed by atoms with Gasteiger partial charge in [-0.2, -0.15) is 0 Å². The Morgan fingerprint density at radius 3 is 2.60 bits per heavy atom. The van der Waals surface area contributed by atoms with Gasteiger partial charge in [0.2, 0.25) is 10.0 Å². The van der Waals surface area contributed by atoms with Crippen LogP contribution in [0.15, 0.2) is 0 Å². The maximum atomic E-state index is 11.2. The lowest BCUT2D eigenvalue weighted by atomic mass is 10.3. The molecule has 7 heteroatoms. The van der Waals surface area contributed by atoms with Crippen LogP contribution in [0.3, 0.4) is 0 Å². The molecule has 6 nitrogen and oxygen atoms in total. The van der Waals surface area contributed by atoms with Gasteiger partial charge in [-0.25, -0.2) is 13.6 Å². The van der Waals surface area contributed by atoms with E-state index >= 15 is 0 Å². The molecule has 0 spiro atoms. The molecule has 1 heterocycles. The Morgan fingerprint density at radius 2 is 2.20 bits per heavy atom. The van der Waals surface area contributed by atoms with Crippen LogP contribution in [0.5, 0.6) is 0 Å². The van der Waals surface area contributed by atoms with E-state index in [1.54, 1.807) is 11.8 Å².